The number of carbonyl (C=O) groups excluding carboxylic acids is 2. The minimum atomic E-state index is -0.380. The Balaban J connectivity index is 1.67. The molecule has 31 heavy (non-hydrogen) atoms. The summed E-state index contributed by atoms with van der Waals surface area (Å²) in [6.45, 7) is 5.53. The van der Waals surface area contributed by atoms with Crippen LogP contribution in [0.5, 0.6) is 0 Å². The predicted octanol–water partition coefficient (Wildman–Crippen LogP) is 3.07. The van der Waals surface area contributed by atoms with Crippen LogP contribution in [0.3, 0.4) is 0 Å². The lowest BCUT2D eigenvalue weighted by molar-refractivity contribution is -0.139. The first-order chi connectivity index (χ1) is 14.9. The van der Waals surface area contributed by atoms with Crippen molar-refractivity contribution in [3.8, 4) is 0 Å². The average molecular weight is 428 g/mol. The standard InChI is InChI=1S/C24H30FN3O3/c1-18(2)13-27-14-21(31-17-20-5-3-4-6-22(20)25)15-28(16-24(27)30)23(29)8-7-19-9-11-26-12-10-19/h3-6,9-12,18,21H,7-8,13-17H2,1-2H3/t21-/m0/s1. The van der Waals surface area contributed by atoms with E-state index in [2.05, 4.69) is 4.98 Å². The molecule has 1 aliphatic heterocycles. The van der Waals surface area contributed by atoms with Gasteiger partial charge >= 0.3 is 0 Å². The SMILES string of the molecule is CC(C)CN1C[C@H](OCc2ccccc2F)CN(C(=O)CCc2ccncc2)CC1=O. The van der Waals surface area contributed by atoms with Crippen molar-refractivity contribution in [2.24, 2.45) is 5.92 Å². The average Bonchev–Trinajstić information content (AvgIpc) is 2.90. The third-order valence-electron chi connectivity index (χ3n) is 5.27. The second-order valence-corrected chi connectivity index (χ2v) is 8.35. The van der Waals surface area contributed by atoms with Gasteiger partial charge in [0.1, 0.15) is 5.82 Å². The molecule has 1 saturated heterocycles. The molecule has 7 heteroatoms. The molecule has 0 N–H and O–H groups in total. The molecule has 0 aliphatic carbocycles. The lowest BCUT2D eigenvalue weighted by Crippen LogP contribution is -2.40. The van der Waals surface area contributed by atoms with Crippen LogP contribution < -0.4 is 0 Å². The van der Waals surface area contributed by atoms with Crippen LogP contribution in [-0.2, 0) is 27.4 Å². The summed E-state index contributed by atoms with van der Waals surface area (Å²) in [6.07, 6.45) is 3.91. The van der Waals surface area contributed by atoms with Gasteiger partial charge in [-0.05, 0) is 36.1 Å². The summed E-state index contributed by atoms with van der Waals surface area (Å²) in [6, 6.07) is 10.2. The molecule has 0 unspecified atom stereocenters. The lowest BCUT2D eigenvalue weighted by Gasteiger charge is -2.26. The minimum absolute atomic E-state index is 0.0431. The molecular formula is C24H30FN3O3. The maximum atomic E-state index is 14.0. The van der Waals surface area contributed by atoms with Crippen molar-refractivity contribution in [1.82, 2.24) is 14.8 Å². The van der Waals surface area contributed by atoms with Gasteiger partial charge in [-0.3, -0.25) is 14.6 Å². The maximum Gasteiger partial charge on any atom is 0.242 e. The number of benzene rings is 1. The second kappa shape index (κ2) is 11.0. The van der Waals surface area contributed by atoms with Crippen molar-refractivity contribution >= 4 is 11.8 Å². The Kier molecular flexibility index (Phi) is 8.12. The monoisotopic (exact) mass is 427 g/mol. The summed E-state index contributed by atoms with van der Waals surface area (Å²) in [5, 5.41) is 0. The van der Waals surface area contributed by atoms with Crippen molar-refractivity contribution in [3.05, 3.63) is 65.7 Å². The van der Waals surface area contributed by atoms with E-state index < -0.39 is 0 Å². The van der Waals surface area contributed by atoms with Gasteiger partial charge in [-0.1, -0.05) is 32.0 Å². The third kappa shape index (κ3) is 6.85. The van der Waals surface area contributed by atoms with Crippen molar-refractivity contribution < 1.29 is 18.7 Å². The first kappa shape index (κ1) is 22.9. The maximum absolute atomic E-state index is 14.0. The second-order valence-electron chi connectivity index (χ2n) is 8.35. The molecule has 1 aromatic carbocycles. The normalized spacial score (nSPS) is 17.2. The molecule has 0 radical (unpaired) electrons. The zero-order chi connectivity index (χ0) is 22.2. The Hall–Kier alpha value is -2.80. The van der Waals surface area contributed by atoms with Crippen LogP contribution in [0.15, 0.2) is 48.8 Å². The van der Waals surface area contributed by atoms with Gasteiger partial charge in [-0.2, -0.15) is 0 Å². The van der Waals surface area contributed by atoms with Crippen molar-refractivity contribution in [3.63, 3.8) is 0 Å². The molecule has 2 aromatic rings. The van der Waals surface area contributed by atoms with E-state index in [4.69, 9.17) is 4.74 Å². The van der Waals surface area contributed by atoms with E-state index in [1.807, 2.05) is 26.0 Å². The molecule has 2 amide bonds. The molecule has 1 aliphatic rings. The summed E-state index contributed by atoms with van der Waals surface area (Å²) < 4.78 is 20.0. The van der Waals surface area contributed by atoms with Crippen LogP contribution in [0.1, 0.15) is 31.4 Å². The smallest absolute Gasteiger partial charge is 0.242 e. The van der Waals surface area contributed by atoms with Gasteiger partial charge in [0.15, 0.2) is 0 Å². The molecule has 0 saturated carbocycles. The topological polar surface area (TPSA) is 62.7 Å². The van der Waals surface area contributed by atoms with E-state index in [1.54, 1.807) is 40.4 Å². The number of aromatic nitrogens is 1. The zero-order valence-corrected chi connectivity index (χ0v) is 18.2. The summed E-state index contributed by atoms with van der Waals surface area (Å²) in [5.74, 6) is -0.194. The fourth-order valence-electron chi connectivity index (χ4n) is 3.67. The van der Waals surface area contributed by atoms with Gasteiger partial charge in [0, 0.05) is 44.0 Å². The summed E-state index contributed by atoms with van der Waals surface area (Å²) >= 11 is 0. The van der Waals surface area contributed by atoms with Crippen LogP contribution in [0, 0.1) is 11.7 Å². The Morgan fingerprint density at radius 2 is 1.94 bits per heavy atom. The van der Waals surface area contributed by atoms with Gasteiger partial charge < -0.3 is 14.5 Å². The highest BCUT2D eigenvalue weighted by molar-refractivity contribution is 5.85. The quantitative estimate of drug-likeness (QED) is 0.650. The molecule has 1 atom stereocenters. The van der Waals surface area contributed by atoms with Crippen LogP contribution in [0.4, 0.5) is 4.39 Å². The molecular weight excluding hydrogens is 397 g/mol. The molecule has 3 rings (SSSR count). The van der Waals surface area contributed by atoms with E-state index in [0.29, 0.717) is 44.0 Å². The first-order valence-electron chi connectivity index (χ1n) is 10.7. The van der Waals surface area contributed by atoms with E-state index in [-0.39, 0.29) is 36.9 Å². The molecule has 0 bridgehead atoms. The molecule has 2 heterocycles. The van der Waals surface area contributed by atoms with Crippen LogP contribution in [0.2, 0.25) is 0 Å². The summed E-state index contributed by atoms with van der Waals surface area (Å²) in [7, 11) is 0. The first-order valence-corrected chi connectivity index (χ1v) is 10.7. The lowest BCUT2D eigenvalue weighted by atomic mass is 10.1. The molecule has 166 valence electrons. The summed E-state index contributed by atoms with van der Waals surface area (Å²) in [4.78, 5) is 33.0. The highest BCUT2D eigenvalue weighted by atomic mass is 19.1. The number of aryl methyl sites for hydroxylation is 1. The number of hydrogen-bond donors (Lipinski definition) is 0. The Morgan fingerprint density at radius 3 is 2.65 bits per heavy atom. The van der Waals surface area contributed by atoms with Gasteiger partial charge in [0.05, 0.1) is 19.3 Å². The number of ether oxygens (including phenoxy) is 1. The number of pyridine rings is 1. The van der Waals surface area contributed by atoms with Crippen LogP contribution in [-0.4, -0.2) is 58.9 Å². The molecule has 0 spiro atoms. The summed E-state index contributed by atoms with van der Waals surface area (Å²) in [5.41, 5.74) is 1.49. The number of amides is 2. The van der Waals surface area contributed by atoms with Crippen molar-refractivity contribution in [2.45, 2.75) is 39.4 Å². The predicted molar refractivity (Wildman–Crippen MR) is 116 cm³/mol. The number of halogens is 1. The molecule has 1 aromatic heterocycles. The number of nitrogens with zero attached hydrogens (tertiary/aromatic N) is 3. The number of rotatable bonds is 8. The Labute approximate surface area is 183 Å². The van der Waals surface area contributed by atoms with Crippen LogP contribution in [0.25, 0.3) is 0 Å². The van der Waals surface area contributed by atoms with E-state index in [0.717, 1.165) is 5.56 Å². The Bertz CT molecular complexity index is 875. The van der Waals surface area contributed by atoms with Gasteiger partial charge in [-0.25, -0.2) is 4.39 Å². The minimum Gasteiger partial charge on any atom is -0.370 e. The zero-order valence-electron chi connectivity index (χ0n) is 18.2. The van der Waals surface area contributed by atoms with Crippen LogP contribution >= 0.6 is 0 Å². The molecule has 1 fully saturated rings. The van der Waals surface area contributed by atoms with E-state index >= 15 is 0 Å². The fraction of sp³-hybridized carbons (Fsp3) is 0.458. The largest absolute Gasteiger partial charge is 0.370 e. The van der Waals surface area contributed by atoms with Crippen molar-refractivity contribution in [2.75, 3.05) is 26.2 Å². The van der Waals surface area contributed by atoms with Gasteiger partial charge in [0.2, 0.25) is 11.8 Å². The van der Waals surface area contributed by atoms with Gasteiger partial charge in [0.25, 0.3) is 0 Å². The highest BCUT2D eigenvalue weighted by Gasteiger charge is 2.31. The van der Waals surface area contributed by atoms with Crippen molar-refractivity contribution in [1.29, 1.82) is 0 Å². The molecule has 6 nitrogen and oxygen atoms in total. The van der Waals surface area contributed by atoms with E-state index in [1.165, 1.54) is 6.07 Å². The number of carbonyl (C=O) groups is 2. The third-order valence-corrected chi connectivity index (χ3v) is 5.27. The van der Waals surface area contributed by atoms with Gasteiger partial charge in [-0.15, -0.1) is 0 Å². The number of hydrogen-bond acceptors (Lipinski definition) is 4. The Morgan fingerprint density at radius 1 is 1.19 bits per heavy atom. The van der Waals surface area contributed by atoms with E-state index in [9.17, 15) is 14.0 Å². The fourth-order valence-corrected chi connectivity index (χ4v) is 3.67. The highest BCUT2D eigenvalue weighted by Crippen LogP contribution is 2.15.